The van der Waals surface area contributed by atoms with E-state index < -0.39 is 17.5 Å². The number of rotatable bonds is 4. The Morgan fingerprint density at radius 2 is 2.27 bits per heavy atom. The van der Waals surface area contributed by atoms with E-state index in [0.717, 1.165) is 0 Å². The molecule has 0 bridgehead atoms. The van der Waals surface area contributed by atoms with E-state index >= 15 is 0 Å². The van der Waals surface area contributed by atoms with Crippen LogP contribution in [-0.4, -0.2) is 18.7 Å². The predicted molar refractivity (Wildman–Crippen MR) is 54.0 cm³/mol. The maximum atomic E-state index is 12.5. The second-order valence-corrected chi connectivity index (χ2v) is 3.21. The molecule has 0 radical (unpaired) electrons. The third-order valence-electron chi connectivity index (χ3n) is 2.20. The largest absolute Gasteiger partial charge is 0.490 e. The van der Waals surface area contributed by atoms with Gasteiger partial charge < -0.3 is 4.74 Å². The quantitative estimate of drug-likeness (QED) is 0.570. The molecule has 4 nitrogen and oxygen atoms in total. The zero-order chi connectivity index (χ0) is 11.4. The van der Waals surface area contributed by atoms with E-state index in [1.165, 1.54) is 13.2 Å². The van der Waals surface area contributed by atoms with Gasteiger partial charge in [-0.15, -0.1) is 0 Å². The van der Waals surface area contributed by atoms with Crippen LogP contribution in [0.1, 0.15) is 18.4 Å². The number of benzene rings is 1. The number of nitro benzene ring substituents is 1. The Bertz CT molecular complexity index is 368. The lowest BCUT2D eigenvalue weighted by Gasteiger charge is -2.10. The van der Waals surface area contributed by atoms with Gasteiger partial charge in [-0.2, -0.15) is 0 Å². The van der Waals surface area contributed by atoms with Crippen molar-refractivity contribution in [2.24, 2.45) is 0 Å². The lowest BCUT2D eigenvalue weighted by molar-refractivity contribution is -0.386. The highest BCUT2D eigenvalue weighted by molar-refractivity contribution is 5.54. The Morgan fingerprint density at radius 1 is 1.60 bits per heavy atom. The summed E-state index contributed by atoms with van der Waals surface area (Å²) in [5.41, 5.74) is 0.215. The molecule has 0 heterocycles. The SMILES string of the molecule is COc1cccc(C(C)CF)c1[N+](=O)[O-]. The van der Waals surface area contributed by atoms with Crippen LogP contribution >= 0.6 is 0 Å². The van der Waals surface area contributed by atoms with Gasteiger partial charge in [0.05, 0.1) is 18.7 Å². The summed E-state index contributed by atoms with van der Waals surface area (Å²) in [6.07, 6.45) is 0. The van der Waals surface area contributed by atoms with Crippen LogP contribution in [0.2, 0.25) is 0 Å². The van der Waals surface area contributed by atoms with Crippen LogP contribution in [0.3, 0.4) is 0 Å². The first-order valence-electron chi connectivity index (χ1n) is 4.49. The minimum Gasteiger partial charge on any atom is -0.490 e. The van der Waals surface area contributed by atoms with Crippen LogP contribution in [0, 0.1) is 10.1 Å². The molecule has 5 heteroatoms. The maximum absolute atomic E-state index is 12.5. The average molecular weight is 213 g/mol. The van der Waals surface area contributed by atoms with Gasteiger partial charge in [0.15, 0.2) is 5.75 Å². The monoisotopic (exact) mass is 213 g/mol. The van der Waals surface area contributed by atoms with E-state index in [0.29, 0.717) is 5.56 Å². The molecule has 1 aromatic carbocycles. The van der Waals surface area contributed by atoms with Gasteiger partial charge in [-0.3, -0.25) is 14.5 Å². The van der Waals surface area contributed by atoms with Crippen LogP contribution in [0.15, 0.2) is 18.2 Å². The van der Waals surface area contributed by atoms with Crippen LogP contribution in [-0.2, 0) is 0 Å². The molecule has 1 aromatic rings. The first-order valence-corrected chi connectivity index (χ1v) is 4.49. The summed E-state index contributed by atoms with van der Waals surface area (Å²) < 4.78 is 17.4. The summed E-state index contributed by atoms with van der Waals surface area (Å²) in [7, 11) is 1.35. The Kier molecular flexibility index (Phi) is 3.60. The third-order valence-corrected chi connectivity index (χ3v) is 2.20. The number of para-hydroxylation sites is 1. The second kappa shape index (κ2) is 4.72. The Morgan fingerprint density at radius 3 is 2.73 bits per heavy atom. The molecule has 0 saturated carbocycles. The van der Waals surface area contributed by atoms with Gasteiger partial charge >= 0.3 is 5.69 Å². The van der Waals surface area contributed by atoms with Crippen molar-refractivity contribution in [3.63, 3.8) is 0 Å². The van der Waals surface area contributed by atoms with Crippen molar-refractivity contribution in [3.8, 4) is 5.75 Å². The molecule has 0 saturated heterocycles. The number of ether oxygens (including phenoxy) is 1. The fourth-order valence-electron chi connectivity index (χ4n) is 1.38. The molecule has 0 fully saturated rings. The lowest BCUT2D eigenvalue weighted by atomic mass is 10.0. The number of alkyl halides is 1. The fourth-order valence-corrected chi connectivity index (χ4v) is 1.38. The van der Waals surface area contributed by atoms with Crippen LogP contribution in [0.5, 0.6) is 5.75 Å². The number of methoxy groups -OCH3 is 1. The highest BCUT2D eigenvalue weighted by Gasteiger charge is 2.23. The van der Waals surface area contributed by atoms with Gasteiger partial charge in [0.1, 0.15) is 0 Å². The number of nitrogens with zero attached hydrogens (tertiary/aromatic N) is 1. The molecule has 82 valence electrons. The second-order valence-electron chi connectivity index (χ2n) is 3.21. The van der Waals surface area contributed by atoms with Crippen molar-refractivity contribution < 1.29 is 14.1 Å². The molecular formula is C10H12FNO3. The molecule has 0 aliphatic rings. The molecule has 0 aliphatic carbocycles. The maximum Gasteiger partial charge on any atom is 0.314 e. The zero-order valence-corrected chi connectivity index (χ0v) is 8.57. The molecular weight excluding hydrogens is 201 g/mol. The van der Waals surface area contributed by atoms with Crippen molar-refractivity contribution >= 4 is 5.69 Å². The fraction of sp³-hybridized carbons (Fsp3) is 0.400. The Balaban J connectivity index is 3.31. The predicted octanol–water partition coefficient (Wildman–Crippen LogP) is 2.68. The van der Waals surface area contributed by atoms with E-state index in [1.54, 1.807) is 19.1 Å². The molecule has 0 spiro atoms. The molecule has 0 N–H and O–H groups in total. The minimum absolute atomic E-state index is 0.148. The number of nitro groups is 1. The summed E-state index contributed by atoms with van der Waals surface area (Å²) >= 11 is 0. The highest BCUT2D eigenvalue weighted by Crippen LogP contribution is 2.34. The normalized spacial score (nSPS) is 12.2. The molecule has 0 aromatic heterocycles. The van der Waals surface area contributed by atoms with E-state index in [-0.39, 0.29) is 11.4 Å². The molecule has 1 atom stereocenters. The average Bonchev–Trinajstić information content (AvgIpc) is 2.26. The van der Waals surface area contributed by atoms with Gasteiger partial charge in [0, 0.05) is 11.5 Å². The first-order chi connectivity index (χ1) is 7.11. The molecule has 1 unspecified atom stereocenters. The summed E-state index contributed by atoms with van der Waals surface area (Å²) in [4.78, 5) is 10.3. The number of halogens is 1. The molecule has 15 heavy (non-hydrogen) atoms. The van der Waals surface area contributed by atoms with Crippen molar-refractivity contribution in [1.82, 2.24) is 0 Å². The van der Waals surface area contributed by atoms with Crippen molar-refractivity contribution in [2.45, 2.75) is 12.8 Å². The van der Waals surface area contributed by atoms with Gasteiger partial charge in [0.2, 0.25) is 0 Å². The molecule has 1 rings (SSSR count). The molecule has 0 aliphatic heterocycles. The van der Waals surface area contributed by atoms with Crippen LogP contribution in [0.4, 0.5) is 10.1 Å². The lowest BCUT2D eigenvalue weighted by Crippen LogP contribution is -2.03. The topological polar surface area (TPSA) is 52.4 Å². The van der Waals surface area contributed by atoms with Crippen molar-refractivity contribution in [1.29, 1.82) is 0 Å². The Hall–Kier alpha value is -1.65. The summed E-state index contributed by atoms with van der Waals surface area (Å²) in [6, 6.07) is 4.66. The van der Waals surface area contributed by atoms with E-state index in [1.807, 2.05) is 0 Å². The smallest absolute Gasteiger partial charge is 0.314 e. The van der Waals surface area contributed by atoms with Gasteiger partial charge in [-0.05, 0) is 6.07 Å². The van der Waals surface area contributed by atoms with E-state index in [4.69, 9.17) is 4.74 Å². The van der Waals surface area contributed by atoms with Gasteiger partial charge in [-0.1, -0.05) is 19.1 Å². The van der Waals surface area contributed by atoms with E-state index in [2.05, 4.69) is 0 Å². The van der Waals surface area contributed by atoms with E-state index in [9.17, 15) is 14.5 Å². The minimum atomic E-state index is -0.631. The number of hydrogen-bond acceptors (Lipinski definition) is 3. The van der Waals surface area contributed by atoms with Crippen LogP contribution < -0.4 is 4.74 Å². The highest BCUT2D eigenvalue weighted by atomic mass is 19.1. The van der Waals surface area contributed by atoms with Crippen molar-refractivity contribution in [2.75, 3.05) is 13.8 Å². The summed E-state index contributed by atoms with van der Waals surface area (Å²) in [6.45, 7) is 0.968. The third kappa shape index (κ3) is 2.23. The van der Waals surface area contributed by atoms with Gasteiger partial charge in [0.25, 0.3) is 0 Å². The van der Waals surface area contributed by atoms with Gasteiger partial charge in [-0.25, -0.2) is 0 Å². The summed E-state index contributed by atoms with van der Waals surface area (Å²) in [5, 5.41) is 10.8. The summed E-state index contributed by atoms with van der Waals surface area (Å²) in [5.74, 6) is -0.335. The van der Waals surface area contributed by atoms with Crippen LogP contribution in [0.25, 0.3) is 0 Å². The molecule has 0 amide bonds. The first kappa shape index (κ1) is 11.4. The standard InChI is InChI=1S/C10H12FNO3/c1-7(6-11)8-4-3-5-9(15-2)10(8)12(13)14/h3-5,7H,6H2,1-2H3. The van der Waals surface area contributed by atoms with Crippen molar-refractivity contribution in [3.05, 3.63) is 33.9 Å². The Labute approximate surface area is 86.8 Å². The zero-order valence-electron chi connectivity index (χ0n) is 8.57. The number of hydrogen-bond donors (Lipinski definition) is 0.